The van der Waals surface area contributed by atoms with Crippen molar-refractivity contribution in [3.63, 3.8) is 0 Å². The van der Waals surface area contributed by atoms with Gasteiger partial charge in [0, 0.05) is 6.04 Å². The van der Waals surface area contributed by atoms with Crippen molar-refractivity contribution in [2.24, 2.45) is 5.92 Å². The lowest BCUT2D eigenvalue weighted by molar-refractivity contribution is -0.151. The lowest BCUT2D eigenvalue weighted by Gasteiger charge is -2.41. The van der Waals surface area contributed by atoms with Crippen LogP contribution in [0.2, 0.25) is 0 Å². The Hall–Kier alpha value is -0.570. The van der Waals surface area contributed by atoms with Gasteiger partial charge in [0.1, 0.15) is 5.54 Å². The van der Waals surface area contributed by atoms with Crippen LogP contribution in [0.4, 0.5) is 0 Å². The van der Waals surface area contributed by atoms with Gasteiger partial charge in [-0.2, -0.15) is 0 Å². The van der Waals surface area contributed by atoms with Gasteiger partial charge in [-0.1, -0.05) is 26.2 Å². The van der Waals surface area contributed by atoms with Gasteiger partial charge in [0.05, 0.1) is 0 Å². The lowest BCUT2D eigenvalue weighted by atomic mass is 9.80. The molecule has 1 atom stereocenters. The Morgan fingerprint density at radius 3 is 2.38 bits per heavy atom. The predicted molar refractivity (Wildman–Crippen MR) is 65.5 cm³/mol. The van der Waals surface area contributed by atoms with Crippen LogP contribution in [0.1, 0.15) is 53.4 Å². The standard InChI is InChI=1S/C13H25NO2/c1-5-14(13(3,4)12(15)16)10(2)9-11-7-6-8-11/h10-11H,5-9H2,1-4H3,(H,15,16). The van der Waals surface area contributed by atoms with Crippen LogP contribution >= 0.6 is 0 Å². The molecule has 16 heavy (non-hydrogen) atoms. The molecule has 1 rings (SSSR count). The molecule has 3 heteroatoms. The van der Waals surface area contributed by atoms with Gasteiger partial charge in [-0.3, -0.25) is 9.69 Å². The van der Waals surface area contributed by atoms with Crippen molar-refractivity contribution in [2.75, 3.05) is 6.54 Å². The molecular formula is C13H25NO2. The third kappa shape index (κ3) is 2.76. The maximum Gasteiger partial charge on any atom is 0.323 e. The second-order valence-corrected chi connectivity index (χ2v) is 5.53. The zero-order valence-electron chi connectivity index (χ0n) is 11.0. The molecule has 0 saturated heterocycles. The summed E-state index contributed by atoms with van der Waals surface area (Å²) in [6.07, 6.45) is 5.15. The van der Waals surface area contributed by atoms with Gasteiger partial charge in [0.2, 0.25) is 0 Å². The Morgan fingerprint density at radius 1 is 1.50 bits per heavy atom. The van der Waals surface area contributed by atoms with Gasteiger partial charge in [0.15, 0.2) is 0 Å². The highest BCUT2D eigenvalue weighted by Crippen LogP contribution is 2.33. The number of carboxylic acid groups (broad SMARTS) is 1. The molecule has 0 aliphatic heterocycles. The minimum Gasteiger partial charge on any atom is -0.480 e. The third-order valence-electron chi connectivity index (χ3n) is 4.01. The zero-order valence-corrected chi connectivity index (χ0v) is 11.0. The monoisotopic (exact) mass is 227 g/mol. The predicted octanol–water partition coefficient (Wildman–Crippen LogP) is 2.75. The van der Waals surface area contributed by atoms with Crippen molar-refractivity contribution in [2.45, 2.75) is 65.0 Å². The molecule has 0 bridgehead atoms. The number of likely N-dealkylation sites (N-methyl/N-ethyl adjacent to an activating group) is 1. The second-order valence-electron chi connectivity index (χ2n) is 5.53. The van der Waals surface area contributed by atoms with Gasteiger partial charge in [-0.25, -0.2) is 0 Å². The van der Waals surface area contributed by atoms with E-state index in [0.717, 1.165) is 18.9 Å². The lowest BCUT2D eigenvalue weighted by Crippen LogP contribution is -2.54. The first-order chi connectivity index (χ1) is 7.39. The van der Waals surface area contributed by atoms with Crippen LogP contribution in [0.3, 0.4) is 0 Å². The van der Waals surface area contributed by atoms with Gasteiger partial charge >= 0.3 is 5.97 Å². The zero-order chi connectivity index (χ0) is 12.3. The van der Waals surface area contributed by atoms with Crippen LogP contribution in [0.5, 0.6) is 0 Å². The fourth-order valence-electron chi connectivity index (χ4n) is 2.72. The maximum absolute atomic E-state index is 11.3. The number of hydrogen-bond donors (Lipinski definition) is 1. The number of rotatable bonds is 6. The van der Waals surface area contributed by atoms with E-state index in [1.165, 1.54) is 19.3 Å². The van der Waals surface area contributed by atoms with E-state index in [1.807, 2.05) is 6.92 Å². The van der Waals surface area contributed by atoms with E-state index < -0.39 is 11.5 Å². The molecule has 1 aliphatic carbocycles. The Balaban J connectivity index is 2.60. The van der Waals surface area contributed by atoms with Crippen molar-refractivity contribution in [3.8, 4) is 0 Å². The summed E-state index contributed by atoms with van der Waals surface area (Å²) in [5, 5.41) is 9.26. The first-order valence-electron chi connectivity index (χ1n) is 6.39. The molecule has 0 spiro atoms. The number of carboxylic acids is 1. The molecule has 0 heterocycles. The summed E-state index contributed by atoms with van der Waals surface area (Å²) in [4.78, 5) is 13.4. The summed E-state index contributed by atoms with van der Waals surface area (Å²) < 4.78 is 0. The molecule has 0 radical (unpaired) electrons. The first-order valence-corrected chi connectivity index (χ1v) is 6.39. The molecule has 0 amide bonds. The Labute approximate surface area is 98.8 Å². The van der Waals surface area contributed by atoms with E-state index in [0.29, 0.717) is 6.04 Å². The van der Waals surface area contributed by atoms with E-state index in [1.54, 1.807) is 13.8 Å². The van der Waals surface area contributed by atoms with E-state index in [-0.39, 0.29) is 0 Å². The summed E-state index contributed by atoms with van der Waals surface area (Å²) in [5.74, 6) is 0.100. The first kappa shape index (κ1) is 13.5. The smallest absolute Gasteiger partial charge is 0.323 e. The molecule has 1 saturated carbocycles. The van der Waals surface area contributed by atoms with Crippen molar-refractivity contribution < 1.29 is 9.90 Å². The average molecular weight is 227 g/mol. The van der Waals surface area contributed by atoms with Gasteiger partial charge in [-0.15, -0.1) is 0 Å². The van der Waals surface area contributed by atoms with Gasteiger partial charge in [-0.05, 0) is 39.7 Å². The molecular weight excluding hydrogens is 202 g/mol. The largest absolute Gasteiger partial charge is 0.480 e. The van der Waals surface area contributed by atoms with Gasteiger partial charge < -0.3 is 5.11 Å². The SMILES string of the molecule is CCN(C(C)CC1CCC1)C(C)(C)C(=O)O. The van der Waals surface area contributed by atoms with Crippen LogP contribution in [0.15, 0.2) is 0 Å². The van der Waals surface area contributed by atoms with Crippen molar-refractivity contribution in [3.05, 3.63) is 0 Å². The van der Waals surface area contributed by atoms with Crippen molar-refractivity contribution in [1.29, 1.82) is 0 Å². The normalized spacial score (nSPS) is 19.6. The summed E-state index contributed by atoms with van der Waals surface area (Å²) in [5.41, 5.74) is -0.752. The number of nitrogens with zero attached hydrogens (tertiary/aromatic N) is 1. The highest BCUT2D eigenvalue weighted by atomic mass is 16.4. The Kier molecular flexibility index (Phi) is 4.36. The highest BCUT2D eigenvalue weighted by molar-refractivity contribution is 5.77. The van der Waals surface area contributed by atoms with E-state index in [9.17, 15) is 9.90 Å². The van der Waals surface area contributed by atoms with Crippen LogP contribution in [0, 0.1) is 5.92 Å². The molecule has 1 unspecified atom stereocenters. The molecule has 1 N–H and O–H groups in total. The van der Waals surface area contributed by atoms with Crippen LogP contribution in [0.25, 0.3) is 0 Å². The topological polar surface area (TPSA) is 40.5 Å². The molecule has 0 aromatic heterocycles. The molecule has 0 aromatic rings. The van der Waals surface area contributed by atoms with Crippen LogP contribution in [-0.4, -0.2) is 34.1 Å². The summed E-state index contributed by atoms with van der Waals surface area (Å²) in [7, 11) is 0. The Morgan fingerprint density at radius 2 is 2.06 bits per heavy atom. The number of aliphatic carboxylic acids is 1. The quantitative estimate of drug-likeness (QED) is 0.758. The third-order valence-corrected chi connectivity index (χ3v) is 4.01. The minimum absolute atomic E-state index is 0.362. The fraction of sp³-hybridized carbons (Fsp3) is 0.923. The minimum atomic E-state index is -0.752. The van der Waals surface area contributed by atoms with Crippen molar-refractivity contribution >= 4 is 5.97 Å². The number of carbonyl (C=O) groups is 1. The van der Waals surface area contributed by atoms with Gasteiger partial charge in [0.25, 0.3) is 0 Å². The van der Waals surface area contributed by atoms with Crippen LogP contribution in [-0.2, 0) is 4.79 Å². The maximum atomic E-state index is 11.3. The summed E-state index contributed by atoms with van der Waals surface area (Å²) in [6, 6.07) is 0.362. The van der Waals surface area contributed by atoms with Crippen LogP contribution < -0.4 is 0 Å². The average Bonchev–Trinajstić information content (AvgIpc) is 2.12. The highest BCUT2D eigenvalue weighted by Gasteiger charge is 2.37. The molecule has 0 aromatic carbocycles. The molecule has 94 valence electrons. The molecule has 1 fully saturated rings. The number of hydrogen-bond acceptors (Lipinski definition) is 2. The van der Waals surface area contributed by atoms with E-state index in [4.69, 9.17) is 0 Å². The molecule has 1 aliphatic rings. The Bertz CT molecular complexity index is 246. The summed E-state index contributed by atoms with van der Waals surface area (Å²) >= 11 is 0. The van der Waals surface area contributed by atoms with Crippen molar-refractivity contribution in [1.82, 2.24) is 4.90 Å². The van der Waals surface area contributed by atoms with E-state index in [2.05, 4.69) is 11.8 Å². The fourth-order valence-corrected chi connectivity index (χ4v) is 2.72. The molecule has 3 nitrogen and oxygen atoms in total. The second kappa shape index (κ2) is 5.17. The van der Waals surface area contributed by atoms with E-state index >= 15 is 0 Å². The summed E-state index contributed by atoms with van der Waals surface area (Å²) in [6.45, 7) is 8.61.